The molecule has 1 aromatic heterocycles. The van der Waals surface area contributed by atoms with E-state index in [-0.39, 0.29) is 23.2 Å². The van der Waals surface area contributed by atoms with Crippen LogP contribution in [0, 0.1) is 0 Å². The number of amides is 1. The van der Waals surface area contributed by atoms with Crippen LogP contribution in [-0.2, 0) is 4.74 Å². The van der Waals surface area contributed by atoms with Crippen LogP contribution in [0.3, 0.4) is 0 Å². The minimum atomic E-state index is -0.586. The molecule has 0 spiro atoms. The van der Waals surface area contributed by atoms with Crippen LogP contribution in [0.1, 0.15) is 68.3 Å². The lowest BCUT2D eigenvalue weighted by atomic mass is 9.98. The van der Waals surface area contributed by atoms with E-state index in [0.717, 1.165) is 12.0 Å². The quantitative estimate of drug-likeness (QED) is 0.346. The Morgan fingerprint density at radius 2 is 1.80 bits per heavy atom. The SMILES string of the molecule is CCCOc1ccc(C2c3c(oc4ccccc4c3=O)C(=O)N2CCCOC(C)C)cc1OCC. The number of ether oxygens (including phenoxy) is 3. The van der Waals surface area contributed by atoms with Crippen molar-refractivity contribution < 1.29 is 23.4 Å². The van der Waals surface area contributed by atoms with Crippen LogP contribution >= 0.6 is 0 Å². The molecule has 35 heavy (non-hydrogen) atoms. The first-order valence-corrected chi connectivity index (χ1v) is 12.3. The highest BCUT2D eigenvalue weighted by Gasteiger charge is 2.42. The van der Waals surface area contributed by atoms with Gasteiger partial charge in [0.05, 0.1) is 36.3 Å². The highest BCUT2D eigenvalue weighted by molar-refractivity contribution is 5.99. The second-order valence-corrected chi connectivity index (χ2v) is 8.83. The molecule has 1 aliphatic rings. The van der Waals surface area contributed by atoms with Crippen LogP contribution in [0.15, 0.2) is 51.7 Å². The minimum Gasteiger partial charge on any atom is -0.490 e. The van der Waals surface area contributed by atoms with Gasteiger partial charge in [-0.05, 0) is 63.4 Å². The van der Waals surface area contributed by atoms with Gasteiger partial charge in [0.15, 0.2) is 16.9 Å². The molecule has 0 bridgehead atoms. The molecule has 3 aromatic rings. The van der Waals surface area contributed by atoms with Gasteiger partial charge in [-0.15, -0.1) is 0 Å². The molecule has 2 aromatic carbocycles. The molecular formula is C28H33NO6. The topological polar surface area (TPSA) is 78.2 Å². The Kier molecular flexibility index (Phi) is 7.76. The summed E-state index contributed by atoms with van der Waals surface area (Å²) >= 11 is 0. The van der Waals surface area contributed by atoms with E-state index >= 15 is 0 Å². The normalized spacial score (nSPS) is 15.2. The van der Waals surface area contributed by atoms with Gasteiger partial charge in [0, 0.05) is 13.2 Å². The second-order valence-electron chi connectivity index (χ2n) is 8.83. The fourth-order valence-corrected chi connectivity index (χ4v) is 4.39. The van der Waals surface area contributed by atoms with E-state index in [1.807, 2.05) is 45.9 Å². The molecule has 186 valence electrons. The third-order valence-electron chi connectivity index (χ3n) is 5.91. The zero-order valence-electron chi connectivity index (χ0n) is 20.8. The number of fused-ring (bicyclic) bond motifs is 2. The molecule has 4 rings (SSSR count). The van der Waals surface area contributed by atoms with Gasteiger partial charge < -0.3 is 23.5 Å². The van der Waals surface area contributed by atoms with Gasteiger partial charge in [-0.1, -0.05) is 25.1 Å². The van der Waals surface area contributed by atoms with Gasteiger partial charge >= 0.3 is 0 Å². The van der Waals surface area contributed by atoms with E-state index in [0.29, 0.717) is 60.8 Å². The minimum absolute atomic E-state index is 0.104. The molecule has 0 aliphatic carbocycles. The number of nitrogens with zero attached hydrogens (tertiary/aromatic N) is 1. The van der Waals surface area contributed by atoms with Gasteiger partial charge in [0.1, 0.15) is 5.58 Å². The van der Waals surface area contributed by atoms with Crippen molar-refractivity contribution in [2.75, 3.05) is 26.4 Å². The number of carbonyl (C=O) groups excluding carboxylic acids is 1. The Morgan fingerprint density at radius 1 is 1.00 bits per heavy atom. The van der Waals surface area contributed by atoms with Crippen molar-refractivity contribution in [3.8, 4) is 11.5 Å². The number of hydrogen-bond donors (Lipinski definition) is 0. The van der Waals surface area contributed by atoms with Crippen LogP contribution < -0.4 is 14.9 Å². The first-order chi connectivity index (χ1) is 17.0. The van der Waals surface area contributed by atoms with Gasteiger partial charge in [0.25, 0.3) is 5.91 Å². The smallest absolute Gasteiger partial charge is 0.290 e. The maximum absolute atomic E-state index is 13.6. The monoisotopic (exact) mass is 479 g/mol. The molecule has 7 nitrogen and oxygen atoms in total. The molecular weight excluding hydrogens is 446 g/mol. The summed E-state index contributed by atoms with van der Waals surface area (Å²) in [6, 6.07) is 12.1. The third kappa shape index (κ3) is 5.05. The predicted octanol–water partition coefficient (Wildman–Crippen LogP) is 5.34. The third-order valence-corrected chi connectivity index (χ3v) is 5.91. The second kappa shape index (κ2) is 11.0. The highest BCUT2D eigenvalue weighted by atomic mass is 16.5. The van der Waals surface area contributed by atoms with Crippen molar-refractivity contribution in [1.29, 1.82) is 0 Å². The van der Waals surface area contributed by atoms with Crippen molar-refractivity contribution in [3.05, 3.63) is 69.6 Å². The Labute approximate surface area is 205 Å². The number of rotatable bonds is 11. The van der Waals surface area contributed by atoms with E-state index in [2.05, 4.69) is 0 Å². The number of benzene rings is 2. The molecule has 0 radical (unpaired) electrons. The first-order valence-electron chi connectivity index (χ1n) is 12.3. The van der Waals surface area contributed by atoms with Crippen LogP contribution in [-0.4, -0.2) is 43.3 Å². The maximum atomic E-state index is 13.6. The van der Waals surface area contributed by atoms with Crippen molar-refractivity contribution >= 4 is 16.9 Å². The lowest BCUT2D eigenvalue weighted by Crippen LogP contribution is -2.31. The van der Waals surface area contributed by atoms with Crippen LogP contribution in [0.2, 0.25) is 0 Å². The van der Waals surface area contributed by atoms with E-state index in [1.165, 1.54) is 0 Å². The van der Waals surface area contributed by atoms with Crippen LogP contribution in [0.4, 0.5) is 0 Å². The van der Waals surface area contributed by atoms with E-state index in [4.69, 9.17) is 18.6 Å². The lowest BCUT2D eigenvalue weighted by molar-refractivity contribution is 0.0593. The Hall–Kier alpha value is -3.32. The first kappa shape index (κ1) is 24.8. The molecule has 1 amide bonds. The number of para-hydroxylation sites is 1. The number of carbonyl (C=O) groups is 1. The van der Waals surface area contributed by atoms with E-state index < -0.39 is 6.04 Å². The molecule has 7 heteroatoms. The summed E-state index contributed by atoms with van der Waals surface area (Å²) in [7, 11) is 0. The van der Waals surface area contributed by atoms with Crippen LogP contribution in [0.25, 0.3) is 11.0 Å². The summed E-state index contributed by atoms with van der Waals surface area (Å²) in [5.41, 5.74) is 1.36. The van der Waals surface area contributed by atoms with Crippen molar-refractivity contribution in [3.63, 3.8) is 0 Å². The summed E-state index contributed by atoms with van der Waals surface area (Å²) in [6.07, 6.45) is 1.62. The van der Waals surface area contributed by atoms with Gasteiger partial charge in [-0.2, -0.15) is 0 Å². The zero-order chi connectivity index (χ0) is 24.9. The summed E-state index contributed by atoms with van der Waals surface area (Å²) in [4.78, 5) is 28.8. The molecule has 0 saturated carbocycles. The Bertz CT molecular complexity index is 1250. The Balaban J connectivity index is 1.80. The van der Waals surface area contributed by atoms with Crippen molar-refractivity contribution in [2.24, 2.45) is 0 Å². The average molecular weight is 480 g/mol. The van der Waals surface area contributed by atoms with Crippen LogP contribution in [0.5, 0.6) is 11.5 Å². The van der Waals surface area contributed by atoms with Gasteiger partial charge in [0.2, 0.25) is 5.76 Å². The van der Waals surface area contributed by atoms with E-state index in [1.54, 1.807) is 29.2 Å². The summed E-state index contributed by atoms with van der Waals surface area (Å²) in [6.45, 7) is 9.89. The molecule has 0 saturated heterocycles. The zero-order valence-corrected chi connectivity index (χ0v) is 20.8. The fraction of sp³-hybridized carbons (Fsp3) is 0.429. The van der Waals surface area contributed by atoms with E-state index in [9.17, 15) is 9.59 Å². The predicted molar refractivity (Wildman–Crippen MR) is 134 cm³/mol. The van der Waals surface area contributed by atoms with Crippen molar-refractivity contribution in [2.45, 2.75) is 52.7 Å². The fourth-order valence-electron chi connectivity index (χ4n) is 4.39. The molecule has 0 fully saturated rings. The largest absolute Gasteiger partial charge is 0.490 e. The molecule has 0 N–H and O–H groups in total. The van der Waals surface area contributed by atoms with Gasteiger partial charge in [-0.25, -0.2) is 0 Å². The molecule has 1 atom stereocenters. The average Bonchev–Trinajstić information content (AvgIpc) is 3.13. The molecule has 2 heterocycles. The summed E-state index contributed by atoms with van der Waals surface area (Å²) in [5, 5.41) is 0.460. The maximum Gasteiger partial charge on any atom is 0.290 e. The van der Waals surface area contributed by atoms with Crippen molar-refractivity contribution in [1.82, 2.24) is 4.90 Å². The molecule has 1 aliphatic heterocycles. The lowest BCUT2D eigenvalue weighted by Gasteiger charge is -2.26. The number of hydrogen-bond acceptors (Lipinski definition) is 6. The standard InChI is InChI=1S/C28H33NO6/c1-5-15-34-22-13-12-19(17-23(22)32-6-2)25-24-26(30)20-10-7-8-11-21(20)35-27(24)28(31)29(25)14-9-16-33-18(3)4/h7-8,10-13,17-18,25H,5-6,9,14-16H2,1-4H3. The van der Waals surface area contributed by atoms with Gasteiger partial charge in [-0.3, -0.25) is 9.59 Å². The summed E-state index contributed by atoms with van der Waals surface area (Å²) in [5.74, 6) is 1.05. The summed E-state index contributed by atoms with van der Waals surface area (Å²) < 4.78 is 23.4. The molecule has 1 unspecified atom stereocenters. The Morgan fingerprint density at radius 3 is 2.54 bits per heavy atom. The highest BCUT2D eigenvalue weighted by Crippen LogP contribution is 2.41.